The average Bonchev–Trinajstić information content (AvgIpc) is 2.48. The first-order chi connectivity index (χ1) is 10.0. The van der Waals surface area contributed by atoms with E-state index in [2.05, 4.69) is 0 Å². The van der Waals surface area contributed by atoms with Gasteiger partial charge in [0.1, 0.15) is 23.9 Å². The van der Waals surface area contributed by atoms with Gasteiger partial charge in [0.05, 0.1) is 7.11 Å². The molecule has 3 nitrogen and oxygen atoms in total. The Labute approximate surface area is 124 Å². The summed E-state index contributed by atoms with van der Waals surface area (Å²) in [7, 11) is 1.63. The fourth-order valence-corrected chi connectivity index (χ4v) is 2.03. The highest BCUT2D eigenvalue weighted by Crippen LogP contribution is 2.28. The maximum Gasteiger partial charge on any atom is 0.126 e. The summed E-state index contributed by atoms with van der Waals surface area (Å²) in [6.45, 7) is 3.92. The first kappa shape index (κ1) is 15.3. The van der Waals surface area contributed by atoms with E-state index in [0.29, 0.717) is 23.5 Å². The summed E-state index contributed by atoms with van der Waals surface area (Å²) in [6, 6.07) is 10.5. The average molecular weight is 289 g/mol. The zero-order valence-electron chi connectivity index (χ0n) is 12.5. The molecular weight excluding hydrogens is 269 g/mol. The molecule has 0 aliphatic carbocycles. The van der Waals surface area contributed by atoms with Crippen LogP contribution < -0.4 is 15.2 Å². The molecule has 2 aromatic carbocycles. The van der Waals surface area contributed by atoms with Gasteiger partial charge in [-0.3, -0.25) is 0 Å². The van der Waals surface area contributed by atoms with Crippen molar-refractivity contribution in [1.82, 2.24) is 0 Å². The Kier molecular flexibility index (Phi) is 4.81. The standard InChI is InChI=1S/C17H20FNO2/c1-11-8-17(15(12(2)19)9-16(11)18)21-10-13-4-6-14(20-3)7-5-13/h4-9,12H,10,19H2,1-3H3/t12-/m0/s1. The Balaban J connectivity index is 2.16. The topological polar surface area (TPSA) is 44.5 Å². The predicted molar refractivity (Wildman–Crippen MR) is 81.1 cm³/mol. The molecule has 0 aliphatic heterocycles. The molecule has 0 saturated carbocycles. The third kappa shape index (κ3) is 3.73. The maximum absolute atomic E-state index is 13.6. The molecule has 21 heavy (non-hydrogen) atoms. The molecule has 0 bridgehead atoms. The quantitative estimate of drug-likeness (QED) is 0.912. The molecule has 0 saturated heterocycles. The number of aryl methyl sites for hydroxylation is 1. The van der Waals surface area contributed by atoms with Gasteiger partial charge in [0.15, 0.2) is 0 Å². The van der Waals surface area contributed by atoms with E-state index in [9.17, 15) is 4.39 Å². The van der Waals surface area contributed by atoms with Crippen LogP contribution in [0.2, 0.25) is 0 Å². The summed E-state index contributed by atoms with van der Waals surface area (Å²) >= 11 is 0. The van der Waals surface area contributed by atoms with Gasteiger partial charge in [-0.1, -0.05) is 12.1 Å². The number of ether oxygens (including phenoxy) is 2. The number of halogens is 1. The minimum atomic E-state index is -0.286. The van der Waals surface area contributed by atoms with Gasteiger partial charge in [-0.25, -0.2) is 4.39 Å². The van der Waals surface area contributed by atoms with Crippen molar-refractivity contribution in [1.29, 1.82) is 0 Å². The largest absolute Gasteiger partial charge is 0.497 e. The molecule has 2 rings (SSSR count). The lowest BCUT2D eigenvalue weighted by atomic mass is 10.0. The second-order valence-corrected chi connectivity index (χ2v) is 5.06. The van der Waals surface area contributed by atoms with Crippen molar-refractivity contribution in [2.24, 2.45) is 5.73 Å². The van der Waals surface area contributed by atoms with Gasteiger partial charge in [0.2, 0.25) is 0 Å². The Morgan fingerprint density at radius 2 is 1.86 bits per heavy atom. The molecule has 0 unspecified atom stereocenters. The Hall–Kier alpha value is -2.07. The van der Waals surface area contributed by atoms with Crippen molar-refractivity contribution in [2.75, 3.05) is 7.11 Å². The second kappa shape index (κ2) is 6.59. The van der Waals surface area contributed by atoms with E-state index in [1.54, 1.807) is 20.1 Å². The molecule has 0 aromatic heterocycles. The summed E-state index contributed by atoms with van der Waals surface area (Å²) < 4.78 is 24.6. The lowest BCUT2D eigenvalue weighted by Gasteiger charge is -2.15. The molecule has 0 aliphatic rings. The molecule has 112 valence electrons. The number of methoxy groups -OCH3 is 1. The van der Waals surface area contributed by atoms with Crippen molar-refractivity contribution in [2.45, 2.75) is 26.5 Å². The number of hydrogen-bond donors (Lipinski definition) is 1. The van der Waals surface area contributed by atoms with Crippen molar-refractivity contribution in [3.05, 3.63) is 58.9 Å². The maximum atomic E-state index is 13.6. The molecular formula is C17H20FNO2. The lowest BCUT2D eigenvalue weighted by molar-refractivity contribution is 0.300. The molecule has 1 atom stereocenters. The van der Waals surface area contributed by atoms with Gasteiger partial charge in [-0.15, -0.1) is 0 Å². The van der Waals surface area contributed by atoms with Crippen LogP contribution in [0.4, 0.5) is 4.39 Å². The van der Waals surface area contributed by atoms with Crippen molar-refractivity contribution in [3.8, 4) is 11.5 Å². The second-order valence-electron chi connectivity index (χ2n) is 5.06. The summed E-state index contributed by atoms with van der Waals surface area (Å²) in [4.78, 5) is 0. The Morgan fingerprint density at radius 1 is 1.19 bits per heavy atom. The van der Waals surface area contributed by atoms with Crippen LogP contribution >= 0.6 is 0 Å². The Morgan fingerprint density at radius 3 is 2.43 bits per heavy atom. The van der Waals surface area contributed by atoms with Gasteiger partial charge >= 0.3 is 0 Å². The monoisotopic (exact) mass is 289 g/mol. The summed E-state index contributed by atoms with van der Waals surface area (Å²) in [5.41, 5.74) is 8.10. The number of rotatable bonds is 5. The molecule has 0 radical (unpaired) electrons. The Bertz CT molecular complexity index is 609. The number of nitrogens with two attached hydrogens (primary N) is 1. The van der Waals surface area contributed by atoms with E-state index in [4.69, 9.17) is 15.2 Å². The number of benzene rings is 2. The smallest absolute Gasteiger partial charge is 0.126 e. The van der Waals surface area contributed by atoms with Gasteiger partial charge in [0.25, 0.3) is 0 Å². The van der Waals surface area contributed by atoms with Crippen LogP contribution in [0.25, 0.3) is 0 Å². The zero-order chi connectivity index (χ0) is 15.4. The first-order valence-corrected chi connectivity index (χ1v) is 6.82. The van der Waals surface area contributed by atoms with Gasteiger partial charge in [0, 0.05) is 11.6 Å². The molecule has 4 heteroatoms. The van der Waals surface area contributed by atoms with E-state index in [1.165, 1.54) is 6.07 Å². The minimum absolute atomic E-state index is 0.265. The van der Waals surface area contributed by atoms with Crippen molar-refractivity contribution < 1.29 is 13.9 Å². The molecule has 0 amide bonds. The van der Waals surface area contributed by atoms with E-state index in [0.717, 1.165) is 11.3 Å². The van der Waals surface area contributed by atoms with Crippen molar-refractivity contribution in [3.63, 3.8) is 0 Å². The molecule has 0 fully saturated rings. The van der Waals surface area contributed by atoms with E-state index >= 15 is 0 Å². The van der Waals surface area contributed by atoms with Crippen molar-refractivity contribution >= 4 is 0 Å². The lowest BCUT2D eigenvalue weighted by Crippen LogP contribution is -2.09. The van der Waals surface area contributed by atoms with Gasteiger partial charge in [-0.05, 0) is 49.2 Å². The molecule has 0 heterocycles. The van der Waals surface area contributed by atoms with E-state index < -0.39 is 0 Å². The fraction of sp³-hybridized carbons (Fsp3) is 0.294. The van der Waals surface area contributed by atoms with E-state index in [-0.39, 0.29) is 11.9 Å². The van der Waals surface area contributed by atoms with Crippen LogP contribution in [0.3, 0.4) is 0 Å². The minimum Gasteiger partial charge on any atom is -0.497 e. The number of hydrogen-bond acceptors (Lipinski definition) is 3. The third-order valence-corrected chi connectivity index (χ3v) is 3.34. The third-order valence-electron chi connectivity index (χ3n) is 3.34. The van der Waals surface area contributed by atoms with Gasteiger partial charge in [-0.2, -0.15) is 0 Å². The SMILES string of the molecule is COc1ccc(COc2cc(C)c(F)cc2[C@H](C)N)cc1. The van der Waals surface area contributed by atoms with Crippen LogP contribution in [-0.2, 0) is 6.61 Å². The first-order valence-electron chi connectivity index (χ1n) is 6.82. The van der Waals surface area contributed by atoms with Crippen LogP contribution in [0.1, 0.15) is 29.7 Å². The molecule has 2 N–H and O–H groups in total. The molecule has 0 spiro atoms. The van der Waals surface area contributed by atoms with E-state index in [1.807, 2.05) is 31.2 Å². The molecule has 2 aromatic rings. The van der Waals surface area contributed by atoms with Crippen LogP contribution in [0.5, 0.6) is 11.5 Å². The summed E-state index contributed by atoms with van der Waals surface area (Å²) in [5, 5.41) is 0. The summed E-state index contributed by atoms with van der Waals surface area (Å²) in [6.07, 6.45) is 0. The van der Waals surface area contributed by atoms with Crippen LogP contribution in [0, 0.1) is 12.7 Å². The highest BCUT2D eigenvalue weighted by Gasteiger charge is 2.12. The fourth-order valence-electron chi connectivity index (χ4n) is 2.03. The highest BCUT2D eigenvalue weighted by molar-refractivity contribution is 5.40. The predicted octanol–water partition coefficient (Wildman–Crippen LogP) is 3.74. The normalized spacial score (nSPS) is 12.0. The van der Waals surface area contributed by atoms with Crippen LogP contribution in [-0.4, -0.2) is 7.11 Å². The highest BCUT2D eigenvalue weighted by atomic mass is 19.1. The zero-order valence-corrected chi connectivity index (χ0v) is 12.5. The summed E-state index contributed by atoms with van der Waals surface area (Å²) in [5.74, 6) is 1.16. The van der Waals surface area contributed by atoms with Crippen LogP contribution in [0.15, 0.2) is 36.4 Å². The van der Waals surface area contributed by atoms with Gasteiger partial charge < -0.3 is 15.2 Å².